The van der Waals surface area contributed by atoms with E-state index in [0.29, 0.717) is 28.8 Å². The fourth-order valence-corrected chi connectivity index (χ4v) is 2.63. The molecule has 1 N–H and O–H groups in total. The molecule has 2 aromatic rings. The molecular formula is C13H13ClN2O2S. The number of halogens is 1. The third-order valence-electron chi connectivity index (χ3n) is 2.32. The minimum atomic E-state index is -0.0900. The molecule has 0 fully saturated rings. The van der Waals surface area contributed by atoms with Gasteiger partial charge in [-0.15, -0.1) is 11.8 Å². The number of anilines is 1. The SMILES string of the molecule is Cc1cc(NC(=O)CCSc2ccccc2Cl)no1. The van der Waals surface area contributed by atoms with Crippen molar-refractivity contribution in [2.45, 2.75) is 18.2 Å². The normalized spacial score (nSPS) is 10.4. The van der Waals surface area contributed by atoms with Crippen LogP contribution >= 0.6 is 23.4 Å². The summed E-state index contributed by atoms with van der Waals surface area (Å²) in [5.41, 5.74) is 0. The van der Waals surface area contributed by atoms with E-state index < -0.39 is 0 Å². The van der Waals surface area contributed by atoms with Crippen molar-refractivity contribution in [2.75, 3.05) is 11.1 Å². The molecule has 100 valence electrons. The lowest BCUT2D eigenvalue weighted by Gasteiger charge is -2.03. The number of thioether (sulfide) groups is 1. The van der Waals surface area contributed by atoms with Crippen LogP contribution in [0.4, 0.5) is 5.82 Å². The topological polar surface area (TPSA) is 55.1 Å². The van der Waals surface area contributed by atoms with Crippen LogP contribution in [-0.2, 0) is 4.79 Å². The Balaban J connectivity index is 1.77. The largest absolute Gasteiger partial charge is 0.360 e. The Hall–Kier alpha value is -1.46. The van der Waals surface area contributed by atoms with E-state index >= 15 is 0 Å². The van der Waals surface area contributed by atoms with Crippen LogP contribution < -0.4 is 5.32 Å². The Morgan fingerprint density at radius 3 is 2.95 bits per heavy atom. The predicted molar refractivity (Wildman–Crippen MR) is 76.7 cm³/mol. The van der Waals surface area contributed by atoms with Crippen molar-refractivity contribution in [3.05, 3.63) is 41.1 Å². The highest BCUT2D eigenvalue weighted by Crippen LogP contribution is 2.26. The number of rotatable bonds is 5. The van der Waals surface area contributed by atoms with Crippen molar-refractivity contribution in [1.29, 1.82) is 0 Å². The van der Waals surface area contributed by atoms with Gasteiger partial charge in [0.25, 0.3) is 0 Å². The molecular weight excluding hydrogens is 284 g/mol. The molecule has 0 aliphatic rings. The molecule has 19 heavy (non-hydrogen) atoms. The summed E-state index contributed by atoms with van der Waals surface area (Å²) in [6.45, 7) is 1.77. The minimum Gasteiger partial charge on any atom is -0.360 e. The van der Waals surface area contributed by atoms with Gasteiger partial charge in [0, 0.05) is 23.1 Å². The molecule has 6 heteroatoms. The molecule has 1 amide bonds. The maximum Gasteiger partial charge on any atom is 0.226 e. The molecule has 1 aromatic carbocycles. The summed E-state index contributed by atoms with van der Waals surface area (Å²) in [5, 5.41) is 7.08. The second-order valence-corrected chi connectivity index (χ2v) is 5.44. The monoisotopic (exact) mass is 296 g/mol. The maximum atomic E-state index is 11.7. The van der Waals surface area contributed by atoms with Gasteiger partial charge in [-0.25, -0.2) is 0 Å². The zero-order valence-electron chi connectivity index (χ0n) is 10.4. The minimum absolute atomic E-state index is 0.0900. The van der Waals surface area contributed by atoms with Crippen LogP contribution in [0.25, 0.3) is 0 Å². The van der Waals surface area contributed by atoms with Gasteiger partial charge in [-0.2, -0.15) is 0 Å². The van der Waals surface area contributed by atoms with Crippen LogP contribution in [0, 0.1) is 6.92 Å². The van der Waals surface area contributed by atoms with Crippen LogP contribution in [-0.4, -0.2) is 16.8 Å². The van der Waals surface area contributed by atoms with Crippen molar-refractivity contribution in [3.8, 4) is 0 Å². The molecule has 0 radical (unpaired) electrons. The van der Waals surface area contributed by atoms with Crippen molar-refractivity contribution in [1.82, 2.24) is 5.16 Å². The zero-order valence-corrected chi connectivity index (χ0v) is 11.9. The highest BCUT2D eigenvalue weighted by atomic mass is 35.5. The average Bonchev–Trinajstić information content (AvgIpc) is 2.77. The second-order valence-electron chi connectivity index (χ2n) is 3.90. The third kappa shape index (κ3) is 4.29. The van der Waals surface area contributed by atoms with E-state index in [1.54, 1.807) is 24.8 Å². The summed E-state index contributed by atoms with van der Waals surface area (Å²) < 4.78 is 4.87. The van der Waals surface area contributed by atoms with Gasteiger partial charge in [0.05, 0.1) is 5.02 Å². The first-order valence-corrected chi connectivity index (χ1v) is 7.12. The van der Waals surface area contributed by atoms with Crippen molar-refractivity contribution in [3.63, 3.8) is 0 Å². The average molecular weight is 297 g/mol. The lowest BCUT2D eigenvalue weighted by Crippen LogP contribution is -2.12. The molecule has 0 aliphatic heterocycles. The third-order valence-corrected chi connectivity index (χ3v) is 3.84. The van der Waals surface area contributed by atoms with E-state index in [2.05, 4.69) is 10.5 Å². The van der Waals surface area contributed by atoms with Crippen LogP contribution in [0.3, 0.4) is 0 Å². The molecule has 2 rings (SSSR count). The molecule has 0 unspecified atom stereocenters. The first-order chi connectivity index (χ1) is 9.15. The Bertz CT molecular complexity index is 571. The Kier molecular flexibility index (Phi) is 4.87. The number of aromatic nitrogens is 1. The molecule has 1 heterocycles. The maximum absolute atomic E-state index is 11.7. The number of hydrogen-bond acceptors (Lipinski definition) is 4. The smallest absolute Gasteiger partial charge is 0.226 e. The predicted octanol–water partition coefficient (Wildman–Crippen LogP) is 3.76. The van der Waals surface area contributed by atoms with Gasteiger partial charge < -0.3 is 9.84 Å². The highest BCUT2D eigenvalue weighted by Gasteiger charge is 2.07. The summed E-state index contributed by atoms with van der Waals surface area (Å²) in [4.78, 5) is 12.6. The van der Waals surface area contributed by atoms with Gasteiger partial charge in [-0.1, -0.05) is 28.9 Å². The van der Waals surface area contributed by atoms with E-state index in [4.69, 9.17) is 16.1 Å². The number of carbonyl (C=O) groups excluding carboxylic acids is 1. The standard InChI is InChI=1S/C13H13ClN2O2S/c1-9-8-12(16-18-9)15-13(17)6-7-19-11-5-3-2-4-10(11)14/h2-5,8H,6-7H2,1H3,(H,15,16,17). The van der Waals surface area contributed by atoms with Crippen molar-refractivity contribution >= 4 is 35.1 Å². The van der Waals surface area contributed by atoms with E-state index in [-0.39, 0.29) is 5.91 Å². The van der Waals surface area contributed by atoms with Gasteiger partial charge in [0.15, 0.2) is 5.82 Å². The summed E-state index contributed by atoms with van der Waals surface area (Å²) in [6.07, 6.45) is 0.391. The number of aryl methyl sites for hydroxylation is 1. The van der Waals surface area contributed by atoms with Crippen LogP contribution in [0.5, 0.6) is 0 Å². The molecule has 0 bridgehead atoms. The van der Waals surface area contributed by atoms with Gasteiger partial charge in [-0.05, 0) is 19.1 Å². The fourth-order valence-electron chi connectivity index (χ4n) is 1.45. The van der Waals surface area contributed by atoms with Gasteiger partial charge in [0.1, 0.15) is 5.76 Å². The van der Waals surface area contributed by atoms with Crippen molar-refractivity contribution in [2.24, 2.45) is 0 Å². The van der Waals surface area contributed by atoms with Crippen molar-refractivity contribution < 1.29 is 9.32 Å². The number of carbonyl (C=O) groups is 1. The van der Waals surface area contributed by atoms with E-state index in [1.165, 1.54) is 0 Å². The second kappa shape index (κ2) is 6.63. The quantitative estimate of drug-likeness (QED) is 0.854. The lowest BCUT2D eigenvalue weighted by atomic mass is 10.4. The summed E-state index contributed by atoms with van der Waals surface area (Å²) in [5.74, 6) is 1.69. The molecule has 4 nitrogen and oxygen atoms in total. The van der Waals surface area contributed by atoms with Crippen LogP contribution in [0.2, 0.25) is 5.02 Å². The first kappa shape index (κ1) is 14.0. The number of nitrogens with zero attached hydrogens (tertiary/aromatic N) is 1. The van der Waals surface area contributed by atoms with Crippen LogP contribution in [0.15, 0.2) is 39.8 Å². The van der Waals surface area contributed by atoms with E-state index in [0.717, 1.165) is 4.90 Å². The number of nitrogens with one attached hydrogen (secondary N) is 1. The summed E-state index contributed by atoms with van der Waals surface area (Å²) >= 11 is 7.58. The first-order valence-electron chi connectivity index (χ1n) is 5.75. The summed E-state index contributed by atoms with van der Waals surface area (Å²) in [7, 11) is 0. The zero-order chi connectivity index (χ0) is 13.7. The number of amides is 1. The number of benzene rings is 1. The van der Waals surface area contributed by atoms with Gasteiger partial charge >= 0.3 is 0 Å². The van der Waals surface area contributed by atoms with E-state index in [1.807, 2.05) is 24.3 Å². The molecule has 0 saturated carbocycles. The Morgan fingerprint density at radius 1 is 1.47 bits per heavy atom. The molecule has 0 spiro atoms. The fraction of sp³-hybridized carbons (Fsp3) is 0.231. The number of hydrogen-bond donors (Lipinski definition) is 1. The molecule has 0 aliphatic carbocycles. The molecule has 0 atom stereocenters. The molecule has 1 aromatic heterocycles. The highest BCUT2D eigenvalue weighted by molar-refractivity contribution is 7.99. The Labute approximate surface area is 120 Å². The molecule has 0 saturated heterocycles. The van der Waals surface area contributed by atoms with Gasteiger partial charge in [0.2, 0.25) is 5.91 Å². The Morgan fingerprint density at radius 2 is 2.26 bits per heavy atom. The summed E-state index contributed by atoms with van der Waals surface area (Å²) in [6, 6.07) is 9.26. The van der Waals surface area contributed by atoms with Crippen LogP contribution in [0.1, 0.15) is 12.2 Å². The van der Waals surface area contributed by atoms with E-state index in [9.17, 15) is 4.79 Å². The lowest BCUT2D eigenvalue weighted by molar-refractivity contribution is -0.115. The van der Waals surface area contributed by atoms with Gasteiger partial charge in [-0.3, -0.25) is 4.79 Å².